The van der Waals surface area contributed by atoms with E-state index < -0.39 is 0 Å². The van der Waals surface area contributed by atoms with Crippen LogP contribution in [0.15, 0.2) is 77.6 Å². The molecule has 0 unspecified atom stereocenters. The average Bonchev–Trinajstić information content (AvgIpc) is 3.17. The lowest BCUT2D eigenvalue weighted by Gasteiger charge is -2.29. The second-order valence-corrected chi connectivity index (χ2v) is 10.4. The zero-order valence-corrected chi connectivity index (χ0v) is 21.7. The van der Waals surface area contributed by atoms with Gasteiger partial charge in [-0.3, -0.25) is 18.7 Å². The summed E-state index contributed by atoms with van der Waals surface area (Å²) in [6.07, 6.45) is 3.38. The number of nitrogens with one attached hydrogen (secondary N) is 1. The molecule has 0 saturated heterocycles. The summed E-state index contributed by atoms with van der Waals surface area (Å²) in [5.41, 5.74) is 2.39. The van der Waals surface area contributed by atoms with Gasteiger partial charge in [-0.1, -0.05) is 65.7 Å². The number of rotatable bonds is 7. The summed E-state index contributed by atoms with van der Waals surface area (Å²) in [7, 11) is 0. The largest absolute Gasteiger partial charge is 0.349 e. The van der Waals surface area contributed by atoms with E-state index >= 15 is 0 Å². The minimum atomic E-state index is -0.224. The summed E-state index contributed by atoms with van der Waals surface area (Å²) < 4.78 is 3.37. The first kappa shape index (κ1) is 25.3. The zero-order chi connectivity index (χ0) is 25.9. The van der Waals surface area contributed by atoms with Crippen LogP contribution >= 0.6 is 23.2 Å². The van der Waals surface area contributed by atoms with Crippen LogP contribution in [0.3, 0.4) is 0 Å². The van der Waals surface area contributed by atoms with Crippen LogP contribution in [0.2, 0.25) is 10.0 Å². The summed E-state index contributed by atoms with van der Waals surface area (Å²) in [6.45, 7) is 0.577. The Morgan fingerprint density at radius 3 is 2.19 bits per heavy atom. The number of amides is 1. The maximum Gasteiger partial charge on any atom is 0.329 e. The first-order valence-corrected chi connectivity index (χ1v) is 13.2. The highest BCUT2D eigenvalue weighted by molar-refractivity contribution is 6.35. The molecule has 1 N–H and O–H groups in total. The van der Waals surface area contributed by atoms with Crippen LogP contribution in [0.1, 0.15) is 46.4 Å². The number of benzene rings is 3. The number of Topliss-reactive ketones (excluding diaryl/α,β-unsaturated/α-hetero) is 1. The van der Waals surface area contributed by atoms with E-state index in [9.17, 15) is 14.4 Å². The van der Waals surface area contributed by atoms with E-state index in [1.807, 2.05) is 42.5 Å². The quantitative estimate of drug-likeness (QED) is 0.296. The van der Waals surface area contributed by atoms with Crippen molar-refractivity contribution in [2.45, 2.75) is 44.8 Å². The van der Waals surface area contributed by atoms with Crippen LogP contribution in [-0.4, -0.2) is 26.9 Å². The first-order valence-electron chi connectivity index (χ1n) is 12.4. The fourth-order valence-electron chi connectivity index (χ4n) is 5.14. The Kier molecular flexibility index (Phi) is 7.49. The van der Waals surface area contributed by atoms with Gasteiger partial charge in [-0.15, -0.1) is 0 Å². The molecule has 3 aromatic carbocycles. The Hall–Kier alpha value is -3.35. The summed E-state index contributed by atoms with van der Waals surface area (Å²) in [6, 6.07) is 21.6. The molecule has 1 amide bonds. The molecule has 4 aromatic rings. The standard InChI is InChI=1S/C29H27Cl2N3O3/c30-21-12-15-24(31)23(16-21)28(36)32-22-13-10-19(11-14-22)17-33-25-8-4-5-9-26(25)34(29(33)37)18-27(35)20-6-2-1-3-7-20/h1-9,12,15-16,19,22H,10-11,13-14,17-18H2,(H,32,36)/t19-,22-. The lowest BCUT2D eigenvalue weighted by molar-refractivity contribution is 0.0919. The molecule has 6 nitrogen and oxygen atoms in total. The van der Waals surface area contributed by atoms with Gasteiger partial charge in [-0.25, -0.2) is 4.79 Å². The molecule has 190 valence electrons. The van der Waals surface area contributed by atoms with E-state index in [2.05, 4.69) is 5.32 Å². The normalized spacial score (nSPS) is 17.6. The molecule has 0 atom stereocenters. The van der Waals surface area contributed by atoms with E-state index in [1.165, 1.54) is 0 Å². The fraction of sp³-hybridized carbons (Fsp3) is 0.276. The first-order chi connectivity index (χ1) is 17.9. The van der Waals surface area contributed by atoms with E-state index in [-0.39, 0.29) is 30.0 Å². The van der Waals surface area contributed by atoms with Crippen molar-refractivity contribution in [1.82, 2.24) is 14.5 Å². The van der Waals surface area contributed by atoms with Gasteiger partial charge >= 0.3 is 5.69 Å². The van der Waals surface area contributed by atoms with Crippen molar-refractivity contribution in [3.05, 3.63) is 104 Å². The van der Waals surface area contributed by atoms with E-state index in [0.717, 1.165) is 36.7 Å². The number of hydrogen-bond donors (Lipinski definition) is 1. The molecule has 0 radical (unpaired) electrons. The number of hydrogen-bond acceptors (Lipinski definition) is 3. The predicted octanol–water partition coefficient (Wildman–Crippen LogP) is 5.98. The number of imidazole rings is 1. The minimum Gasteiger partial charge on any atom is -0.349 e. The molecule has 1 fully saturated rings. The van der Waals surface area contributed by atoms with E-state index in [1.54, 1.807) is 39.5 Å². The predicted molar refractivity (Wildman–Crippen MR) is 147 cm³/mol. The van der Waals surface area contributed by atoms with Crippen molar-refractivity contribution < 1.29 is 9.59 Å². The van der Waals surface area contributed by atoms with Crippen molar-refractivity contribution >= 4 is 45.9 Å². The van der Waals surface area contributed by atoms with Crippen molar-refractivity contribution in [2.75, 3.05) is 0 Å². The SMILES string of the molecule is O=C(Cn1c(=O)n(C[C@H]2CC[C@H](NC(=O)c3cc(Cl)ccc3Cl)CC2)c2ccccc21)c1ccccc1. The lowest BCUT2D eigenvalue weighted by atomic mass is 9.85. The monoisotopic (exact) mass is 535 g/mol. The smallest absolute Gasteiger partial charge is 0.329 e. The Morgan fingerprint density at radius 1 is 0.838 bits per heavy atom. The van der Waals surface area contributed by atoms with Gasteiger partial charge in [0.2, 0.25) is 0 Å². The average molecular weight is 536 g/mol. The highest BCUT2D eigenvalue weighted by Gasteiger charge is 2.26. The maximum atomic E-state index is 13.4. The molecule has 0 spiro atoms. The highest BCUT2D eigenvalue weighted by atomic mass is 35.5. The van der Waals surface area contributed by atoms with Gasteiger partial charge in [-0.05, 0) is 61.9 Å². The van der Waals surface area contributed by atoms with Crippen LogP contribution in [0.4, 0.5) is 0 Å². The number of fused-ring (bicyclic) bond motifs is 1. The molecule has 5 rings (SSSR count). The summed E-state index contributed by atoms with van der Waals surface area (Å²) in [4.78, 5) is 39.0. The number of carbonyl (C=O) groups is 2. The van der Waals surface area contributed by atoms with Crippen LogP contribution in [-0.2, 0) is 13.1 Å². The van der Waals surface area contributed by atoms with Crippen molar-refractivity contribution in [1.29, 1.82) is 0 Å². The summed E-state index contributed by atoms with van der Waals surface area (Å²) in [5, 5.41) is 3.92. The molecular formula is C29H27Cl2N3O3. The van der Waals surface area contributed by atoms with Crippen LogP contribution in [0, 0.1) is 5.92 Å². The van der Waals surface area contributed by atoms with Gasteiger partial charge in [0.05, 0.1) is 28.2 Å². The Bertz CT molecular complexity index is 1500. The molecule has 0 aliphatic heterocycles. The topological polar surface area (TPSA) is 73.1 Å². The van der Waals surface area contributed by atoms with Gasteiger partial charge in [-0.2, -0.15) is 0 Å². The number of carbonyl (C=O) groups excluding carboxylic acids is 2. The fourth-order valence-corrected chi connectivity index (χ4v) is 5.52. The molecular weight excluding hydrogens is 509 g/mol. The van der Waals surface area contributed by atoms with Crippen LogP contribution in [0.25, 0.3) is 11.0 Å². The van der Waals surface area contributed by atoms with E-state index in [0.29, 0.717) is 33.6 Å². The zero-order valence-electron chi connectivity index (χ0n) is 20.2. The van der Waals surface area contributed by atoms with Crippen molar-refractivity contribution in [3.8, 4) is 0 Å². The second kappa shape index (κ2) is 11.0. The molecule has 1 aliphatic carbocycles. The minimum absolute atomic E-state index is 0.00118. The third-order valence-electron chi connectivity index (χ3n) is 7.12. The molecule has 0 bridgehead atoms. The van der Waals surface area contributed by atoms with Gasteiger partial charge < -0.3 is 5.32 Å². The van der Waals surface area contributed by atoms with Gasteiger partial charge in [0, 0.05) is 23.2 Å². The van der Waals surface area contributed by atoms with Crippen LogP contribution in [0.5, 0.6) is 0 Å². The van der Waals surface area contributed by atoms with Gasteiger partial charge in [0.1, 0.15) is 0 Å². The van der Waals surface area contributed by atoms with Gasteiger partial charge in [0.25, 0.3) is 5.91 Å². The Morgan fingerprint density at radius 2 is 1.49 bits per heavy atom. The number of halogens is 2. The van der Waals surface area contributed by atoms with Gasteiger partial charge in [0.15, 0.2) is 5.78 Å². The highest BCUT2D eigenvalue weighted by Crippen LogP contribution is 2.28. The lowest BCUT2D eigenvalue weighted by Crippen LogP contribution is -2.38. The number of ketones is 1. The molecule has 1 heterocycles. The summed E-state index contributed by atoms with van der Waals surface area (Å²) in [5.74, 6) is -0.0235. The summed E-state index contributed by atoms with van der Waals surface area (Å²) >= 11 is 12.2. The number of nitrogens with zero attached hydrogens (tertiary/aromatic N) is 2. The maximum absolute atomic E-state index is 13.4. The Balaban J connectivity index is 1.27. The second-order valence-electron chi connectivity index (χ2n) is 9.57. The molecule has 1 aromatic heterocycles. The van der Waals surface area contributed by atoms with E-state index in [4.69, 9.17) is 23.2 Å². The Labute approximate surface area is 224 Å². The molecule has 37 heavy (non-hydrogen) atoms. The third-order valence-corrected chi connectivity index (χ3v) is 7.68. The molecule has 8 heteroatoms. The third kappa shape index (κ3) is 5.50. The van der Waals surface area contributed by atoms with Crippen molar-refractivity contribution in [3.63, 3.8) is 0 Å². The number of aromatic nitrogens is 2. The van der Waals surface area contributed by atoms with Crippen molar-refractivity contribution in [2.24, 2.45) is 5.92 Å². The van der Waals surface area contributed by atoms with Crippen LogP contribution < -0.4 is 11.0 Å². The number of para-hydroxylation sites is 2. The molecule has 1 saturated carbocycles. The molecule has 1 aliphatic rings.